The van der Waals surface area contributed by atoms with Gasteiger partial charge < -0.3 is 23.8 Å². The summed E-state index contributed by atoms with van der Waals surface area (Å²) < 4.78 is 21.1. The summed E-state index contributed by atoms with van der Waals surface area (Å²) in [6.45, 7) is 5.58. The van der Waals surface area contributed by atoms with Crippen molar-refractivity contribution in [1.29, 1.82) is 0 Å². The van der Waals surface area contributed by atoms with E-state index in [4.69, 9.17) is 18.9 Å². The van der Waals surface area contributed by atoms with Crippen LogP contribution in [0, 0.1) is 26.1 Å². The Bertz CT molecular complexity index is 1260. The Hall–Kier alpha value is -4.85. The highest BCUT2D eigenvalue weighted by Crippen LogP contribution is 2.37. The van der Waals surface area contributed by atoms with Gasteiger partial charge in [0.15, 0.2) is 6.10 Å². The number of nitrogens with zero attached hydrogens (tertiary/aromatic N) is 3. The lowest BCUT2D eigenvalue weighted by Crippen LogP contribution is -2.41. The first-order valence-electron chi connectivity index (χ1n) is 13.1. The quantitative estimate of drug-likeness (QED) is 0.0824. The lowest BCUT2D eigenvalue weighted by molar-refractivity contribution is -0.387. The van der Waals surface area contributed by atoms with Crippen molar-refractivity contribution in [2.24, 2.45) is 5.92 Å². The standard InChI is InChI=1S/C28H31N3O11/c1-19(2)26(32)40-17-15-39-16-18-41-27(33)20-11-13-29(14-12-20)28(34)42-25(21-7-3-5-9-23(21)30(35)36)22-8-4-6-10-24(22)31(37)38/h3-10,20,25H,1,11-18H2,2H3. The molecule has 2 aromatic rings. The van der Waals surface area contributed by atoms with Crippen LogP contribution in [0.5, 0.6) is 0 Å². The van der Waals surface area contributed by atoms with Crippen LogP contribution in [0.3, 0.4) is 0 Å². The van der Waals surface area contributed by atoms with Gasteiger partial charge in [0.2, 0.25) is 0 Å². The van der Waals surface area contributed by atoms with Crippen LogP contribution in [0.15, 0.2) is 60.7 Å². The van der Waals surface area contributed by atoms with Gasteiger partial charge >= 0.3 is 18.0 Å². The van der Waals surface area contributed by atoms with Crippen molar-refractivity contribution in [3.8, 4) is 0 Å². The molecule has 1 aliphatic rings. The van der Waals surface area contributed by atoms with E-state index < -0.39 is 39.9 Å². The molecule has 0 saturated carbocycles. The summed E-state index contributed by atoms with van der Waals surface area (Å²) in [4.78, 5) is 60.4. The SMILES string of the molecule is C=C(C)C(=O)OCCOCCOC(=O)C1CCN(C(=O)OC(c2ccccc2[N+](=O)[O-])c2ccccc2[N+](=O)[O-])CC1. The molecule has 0 N–H and O–H groups in total. The molecule has 0 aliphatic carbocycles. The Morgan fingerprint density at radius 2 is 1.38 bits per heavy atom. The number of carbonyl (C=O) groups is 3. The lowest BCUT2D eigenvalue weighted by atomic mass is 9.97. The van der Waals surface area contributed by atoms with Gasteiger partial charge in [-0.05, 0) is 31.9 Å². The molecule has 1 amide bonds. The molecule has 14 heteroatoms. The number of para-hydroxylation sites is 2. The summed E-state index contributed by atoms with van der Waals surface area (Å²) in [5, 5.41) is 23.4. The molecule has 0 spiro atoms. The number of rotatable bonds is 13. The minimum absolute atomic E-state index is 0.00289. The van der Waals surface area contributed by atoms with Crippen molar-refractivity contribution in [2.45, 2.75) is 25.9 Å². The molecule has 3 rings (SSSR count). The van der Waals surface area contributed by atoms with Crippen molar-refractivity contribution in [3.05, 3.63) is 92.0 Å². The van der Waals surface area contributed by atoms with E-state index in [-0.39, 0.29) is 80.4 Å². The summed E-state index contributed by atoms with van der Waals surface area (Å²) in [6, 6.07) is 11.1. The van der Waals surface area contributed by atoms with E-state index in [1.165, 1.54) is 60.4 Å². The fourth-order valence-electron chi connectivity index (χ4n) is 4.26. The maximum Gasteiger partial charge on any atom is 0.410 e. The summed E-state index contributed by atoms with van der Waals surface area (Å²) >= 11 is 0. The first-order valence-corrected chi connectivity index (χ1v) is 13.1. The fraction of sp³-hybridized carbons (Fsp3) is 0.393. The highest BCUT2D eigenvalue weighted by atomic mass is 16.6. The number of nitro benzene ring substituents is 2. The topological polar surface area (TPSA) is 178 Å². The van der Waals surface area contributed by atoms with Gasteiger partial charge in [0.05, 0.1) is 40.1 Å². The first-order chi connectivity index (χ1) is 20.1. The normalized spacial score (nSPS) is 13.3. The van der Waals surface area contributed by atoms with E-state index in [1.54, 1.807) is 0 Å². The van der Waals surface area contributed by atoms with Gasteiger partial charge in [-0.25, -0.2) is 9.59 Å². The highest BCUT2D eigenvalue weighted by molar-refractivity contribution is 5.86. The molecule has 0 radical (unpaired) electrons. The zero-order valence-corrected chi connectivity index (χ0v) is 23.0. The maximum atomic E-state index is 13.2. The van der Waals surface area contributed by atoms with Gasteiger partial charge in [0.1, 0.15) is 13.2 Å². The average Bonchev–Trinajstić information content (AvgIpc) is 2.99. The second-order valence-corrected chi connectivity index (χ2v) is 9.35. The smallest absolute Gasteiger partial charge is 0.410 e. The number of piperidine rings is 1. The van der Waals surface area contributed by atoms with Crippen LogP contribution in [0.1, 0.15) is 37.0 Å². The highest BCUT2D eigenvalue weighted by Gasteiger charge is 2.35. The molecule has 14 nitrogen and oxygen atoms in total. The Morgan fingerprint density at radius 3 is 1.88 bits per heavy atom. The van der Waals surface area contributed by atoms with Crippen LogP contribution in [0.4, 0.5) is 16.2 Å². The lowest BCUT2D eigenvalue weighted by Gasteiger charge is -2.31. The van der Waals surface area contributed by atoms with E-state index >= 15 is 0 Å². The van der Waals surface area contributed by atoms with Crippen LogP contribution < -0.4 is 0 Å². The van der Waals surface area contributed by atoms with Crippen molar-refractivity contribution < 1.29 is 43.2 Å². The Balaban J connectivity index is 1.57. The number of nitro groups is 2. The summed E-state index contributed by atoms with van der Waals surface area (Å²) in [7, 11) is 0. The van der Waals surface area contributed by atoms with Crippen molar-refractivity contribution >= 4 is 29.4 Å². The minimum atomic E-state index is -1.42. The van der Waals surface area contributed by atoms with Crippen molar-refractivity contribution in [2.75, 3.05) is 39.5 Å². The molecular formula is C28H31N3O11. The van der Waals surface area contributed by atoms with Gasteiger partial charge in [-0.3, -0.25) is 25.0 Å². The molecule has 0 bridgehead atoms. The van der Waals surface area contributed by atoms with Gasteiger partial charge in [-0.15, -0.1) is 0 Å². The predicted octanol–water partition coefficient (Wildman–Crippen LogP) is 4.12. The summed E-state index contributed by atoms with van der Waals surface area (Å²) in [5.74, 6) is -1.43. The van der Waals surface area contributed by atoms with Gasteiger partial charge in [-0.1, -0.05) is 30.8 Å². The minimum Gasteiger partial charge on any atom is -0.463 e. The van der Waals surface area contributed by atoms with Crippen LogP contribution in [-0.4, -0.2) is 72.3 Å². The van der Waals surface area contributed by atoms with E-state index in [0.29, 0.717) is 0 Å². The van der Waals surface area contributed by atoms with E-state index in [0.717, 1.165) is 0 Å². The summed E-state index contributed by atoms with van der Waals surface area (Å²) in [6.07, 6.45) is -1.68. The number of hydrogen-bond acceptors (Lipinski definition) is 11. The zero-order valence-electron chi connectivity index (χ0n) is 23.0. The third-order valence-electron chi connectivity index (χ3n) is 6.42. The molecule has 1 aliphatic heterocycles. The number of esters is 2. The van der Waals surface area contributed by atoms with E-state index in [1.807, 2.05) is 0 Å². The average molecular weight is 586 g/mol. The third kappa shape index (κ3) is 8.57. The zero-order chi connectivity index (χ0) is 30.6. The molecule has 0 atom stereocenters. The molecular weight excluding hydrogens is 554 g/mol. The van der Waals surface area contributed by atoms with E-state index in [2.05, 4.69) is 6.58 Å². The molecule has 1 saturated heterocycles. The predicted molar refractivity (Wildman–Crippen MR) is 146 cm³/mol. The fourth-order valence-corrected chi connectivity index (χ4v) is 4.26. The molecule has 42 heavy (non-hydrogen) atoms. The monoisotopic (exact) mass is 585 g/mol. The van der Waals surface area contributed by atoms with Crippen molar-refractivity contribution in [3.63, 3.8) is 0 Å². The molecule has 2 aromatic carbocycles. The second kappa shape index (κ2) is 15.2. The number of carbonyl (C=O) groups excluding carboxylic acids is 3. The Labute approximate surface area is 241 Å². The van der Waals surface area contributed by atoms with E-state index in [9.17, 15) is 34.6 Å². The van der Waals surface area contributed by atoms with Gasteiger partial charge in [0.25, 0.3) is 11.4 Å². The Kier molecular flexibility index (Phi) is 11.5. The summed E-state index contributed by atoms with van der Waals surface area (Å²) in [5.41, 5.74) is -0.457. The first kappa shape index (κ1) is 31.7. The molecule has 1 heterocycles. The molecule has 0 unspecified atom stereocenters. The third-order valence-corrected chi connectivity index (χ3v) is 6.42. The molecule has 1 fully saturated rings. The van der Waals surface area contributed by atoms with Crippen LogP contribution in [0.2, 0.25) is 0 Å². The maximum absolute atomic E-state index is 13.2. The number of benzene rings is 2. The number of likely N-dealkylation sites (tertiary alicyclic amines) is 1. The van der Waals surface area contributed by atoms with Gasteiger partial charge in [-0.2, -0.15) is 0 Å². The van der Waals surface area contributed by atoms with Crippen molar-refractivity contribution in [1.82, 2.24) is 4.90 Å². The Morgan fingerprint density at radius 1 is 0.881 bits per heavy atom. The van der Waals surface area contributed by atoms with Crippen LogP contribution >= 0.6 is 0 Å². The van der Waals surface area contributed by atoms with Crippen LogP contribution in [0.25, 0.3) is 0 Å². The van der Waals surface area contributed by atoms with Crippen LogP contribution in [-0.2, 0) is 28.5 Å². The molecule has 224 valence electrons. The number of hydrogen-bond donors (Lipinski definition) is 0. The number of ether oxygens (including phenoxy) is 4. The molecule has 0 aromatic heterocycles. The number of amides is 1. The van der Waals surface area contributed by atoms with Gasteiger partial charge in [0, 0.05) is 30.8 Å². The second-order valence-electron chi connectivity index (χ2n) is 9.35. The largest absolute Gasteiger partial charge is 0.463 e.